The molecular formula is C17H18FN7O2S. The monoisotopic (exact) mass is 403 g/mol. The van der Waals surface area contributed by atoms with Gasteiger partial charge in [-0.1, -0.05) is 11.3 Å². The van der Waals surface area contributed by atoms with Crippen LogP contribution in [-0.4, -0.2) is 45.1 Å². The number of piperidine rings is 1. The zero-order valence-electron chi connectivity index (χ0n) is 14.9. The number of hydrogen-bond acceptors (Lipinski definition) is 8. The molecule has 0 atom stereocenters. The van der Waals surface area contributed by atoms with Crippen LogP contribution in [0.1, 0.15) is 19.3 Å². The highest BCUT2D eigenvalue weighted by Gasteiger charge is 2.22. The largest absolute Gasteiger partial charge is 0.354 e. The molecule has 1 fully saturated rings. The first-order chi connectivity index (χ1) is 13.6. The molecule has 28 heavy (non-hydrogen) atoms. The van der Waals surface area contributed by atoms with Crippen molar-refractivity contribution in [2.75, 3.05) is 29.9 Å². The second-order valence-corrected chi connectivity index (χ2v) is 7.34. The summed E-state index contributed by atoms with van der Waals surface area (Å²) in [6.07, 6.45) is 4.49. The smallest absolute Gasteiger partial charge is 0.313 e. The number of rotatable bonds is 4. The minimum absolute atomic E-state index is 0.0885. The van der Waals surface area contributed by atoms with Gasteiger partial charge in [-0.3, -0.25) is 9.59 Å². The topological polar surface area (TPSA) is 119 Å². The van der Waals surface area contributed by atoms with Gasteiger partial charge in [0.2, 0.25) is 16.7 Å². The fourth-order valence-electron chi connectivity index (χ4n) is 3.07. The van der Waals surface area contributed by atoms with Crippen molar-refractivity contribution in [1.29, 1.82) is 0 Å². The molecule has 0 radical (unpaired) electrons. The number of carbonyl (C=O) groups is 1. The summed E-state index contributed by atoms with van der Waals surface area (Å²) in [5, 5.41) is 7.23. The third kappa shape index (κ3) is 3.45. The van der Waals surface area contributed by atoms with Crippen LogP contribution < -0.4 is 21.5 Å². The molecule has 1 saturated heterocycles. The second-order valence-electron chi connectivity index (χ2n) is 6.39. The van der Waals surface area contributed by atoms with Gasteiger partial charge in [0.1, 0.15) is 10.8 Å². The Morgan fingerprint density at radius 3 is 2.86 bits per heavy atom. The molecule has 3 aromatic heterocycles. The maximum Gasteiger partial charge on any atom is 0.313 e. The number of hydrogen-bond donors (Lipinski definition) is 2. The van der Waals surface area contributed by atoms with E-state index in [1.54, 1.807) is 12.1 Å². The molecule has 0 aromatic carbocycles. The Kier molecular flexibility index (Phi) is 5.01. The van der Waals surface area contributed by atoms with Crippen molar-refractivity contribution in [3.63, 3.8) is 0 Å². The molecule has 11 heteroatoms. The highest BCUT2D eigenvalue weighted by atomic mass is 32.1. The lowest BCUT2D eigenvalue weighted by Gasteiger charge is -2.27. The van der Waals surface area contributed by atoms with Crippen molar-refractivity contribution in [1.82, 2.24) is 19.6 Å². The summed E-state index contributed by atoms with van der Waals surface area (Å²) in [6, 6.07) is 3.29. The summed E-state index contributed by atoms with van der Waals surface area (Å²) in [5.74, 6) is -0.861. The Hall–Kier alpha value is -2.92. The summed E-state index contributed by atoms with van der Waals surface area (Å²) in [4.78, 5) is 34.5. The third-order valence-electron chi connectivity index (χ3n) is 4.45. The lowest BCUT2D eigenvalue weighted by molar-refractivity contribution is -0.114. The number of nitrogens with zero attached hydrogens (tertiary/aromatic N) is 5. The molecule has 0 unspecified atom stereocenters. The first kappa shape index (κ1) is 18.4. The molecule has 1 aliphatic heterocycles. The van der Waals surface area contributed by atoms with Crippen LogP contribution in [0.3, 0.4) is 0 Å². The SMILES string of the molecule is NCC(=O)Nc1cc(-c2nn3c(=O)c(F)c(N4CCCCC4)nc3s2)ccn1. The minimum Gasteiger partial charge on any atom is -0.354 e. The van der Waals surface area contributed by atoms with E-state index in [4.69, 9.17) is 5.73 Å². The Morgan fingerprint density at radius 2 is 2.11 bits per heavy atom. The van der Waals surface area contributed by atoms with E-state index in [1.807, 2.05) is 4.90 Å². The van der Waals surface area contributed by atoms with Crippen molar-refractivity contribution in [3.05, 3.63) is 34.5 Å². The molecule has 0 saturated carbocycles. The summed E-state index contributed by atoms with van der Waals surface area (Å²) < 4.78 is 15.6. The van der Waals surface area contributed by atoms with Crippen LogP contribution in [0.5, 0.6) is 0 Å². The summed E-state index contributed by atoms with van der Waals surface area (Å²) in [7, 11) is 0. The van der Waals surface area contributed by atoms with E-state index in [0.717, 1.165) is 23.8 Å². The molecule has 0 spiro atoms. The maximum atomic E-state index is 14.6. The summed E-state index contributed by atoms with van der Waals surface area (Å²) >= 11 is 1.17. The zero-order chi connectivity index (χ0) is 19.7. The maximum absolute atomic E-state index is 14.6. The predicted molar refractivity (Wildman–Crippen MR) is 104 cm³/mol. The van der Waals surface area contributed by atoms with E-state index in [-0.39, 0.29) is 18.3 Å². The number of anilines is 2. The number of carbonyl (C=O) groups excluding carboxylic acids is 1. The number of nitrogens with two attached hydrogens (primary N) is 1. The van der Waals surface area contributed by atoms with Gasteiger partial charge in [0.25, 0.3) is 0 Å². The molecule has 9 nitrogen and oxygen atoms in total. The van der Waals surface area contributed by atoms with Gasteiger partial charge >= 0.3 is 5.56 Å². The molecule has 4 rings (SSSR count). The van der Waals surface area contributed by atoms with Crippen molar-refractivity contribution in [3.8, 4) is 10.6 Å². The first-order valence-electron chi connectivity index (χ1n) is 8.87. The van der Waals surface area contributed by atoms with Gasteiger partial charge in [0.05, 0.1) is 6.54 Å². The highest BCUT2D eigenvalue weighted by molar-refractivity contribution is 7.19. The van der Waals surface area contributed by atoms with Gasteiger partial charge in [-0.25, -0.2) is 4.98 Å². The number of pyridine rings is 1. The van der Waals surface area contributed by atoms with E-state index in [0.29, 0.717) is 34.4 Å². The molecule has 1 amide bonds. The van der Waals surface area contributed by atoms with Gasteiger partial charge in [-0.15, -0.1) is 0 Å². The Bertz CT molecular complexity index is 1090. The number of aromatic nitrogens is 4. The van der Waals surface area contributed by atoms with Crippen molar-refractivity contribution < 1.29 is 9.18 Å². The average Bonchev–Trinajstić information content (AvgIpc) is 3.16. The standard InChI is InChI=1S/C17H18FN7O2S/c18-13-14(24-6-2-1-3-7-24)22-17-25(16(13)27)23-15(28-17)10-4-5-20-11(8-10)21-12(26)9-19/h4-5,8H,1-3,6-7,9,19H2,(H,20,21,26). The fourth-order valence-corrected chi connectivity index (χ4v) is 3.95. The highest BCUT2D eigenvalue weighted by Crippen LogP contribution is 2.27. The van der Waals surface area contributed by atoms with Crippen LogP contribution in [0.15, 0.2) is 23.1 Å². The number of nitrogens with one attached hydrogen (secondary N) is 1. The molecule has 0 aliphatic carbocycles. The number of amides is 1. The van der Waals surface area contributed by atoms with E-state index in [1.165, 1.54) is 17.5 Å². The van der Waals surface area contributed by atoms with Crippen LogP contribution in [0.4, 0.5) is 16.0 Å². The van der Waals surface area contributed by atoms with Gasteiger partial charge < -0.3 is 16.0 Å². The van der Waals surface area contributed by atoms with Crippen LogP contribution in [0.2, 0.25) is 0 Å². The van der Waals surface area contributed by atoms with Crippen LogP contribution >= 0.6 is 11.3 Å². The Labute approximate surface area is 163 Å². The van der Waals surface area contributed by atoms with E-state index < -0.39 is 11.4 Å². The summed E-state index contributed by atoms with van der Waals surface area (Å²) in [6.45, 7) is 1.20. The lowest BCUT2D eigenvalue weighted by atomic mass is 10.1. The molecule has 4 heterocycles. The van der Waals surface area contributed by atoms with Crippen LogP contribution in [-0.2, 0) is 4.79 Å². The van der Waals surface area contributed by atoms with Crippen LogP contribution in [0.25, 0.3) is 15.5 Å². The van der Waals surface area contributed by atoms with Gasteiger partial charge in [0.15, 0.2) is 5.82 Å². The zero-order valence-corrected chi connectivity index (χ0v) is 15.7. The molecule has 0 bridgehead atoms. The van der Waals surface area contributed by atoms with Crippen molar-refractivity contribution >= 4 is 33.8 Å². The normalized spacial score (nSPS) is 14.4. The van der Waals surface area contributed by atoms with Gasteiger partial charge in [0, 0.05) is 24.8 Å². The quantitative estimate of drug-likeness (QED) is 0.673. The molecule has 3 aromatic rings. The van der Waals surface area contributed by atoms with E-state index in [2.05, 4.69) is 20.4 Å². The first-order valence-corrected chi connectivity index (χ1v) is 9.69. The van der Waals surface area contributed by atoms with Crippen molar-refractivity contribution in [2.45, 2.75) is 19.3 Å². The summed E-state index contributed by atoms with van der Waals surface area (Å²) in [5.41, 5.74) is 5.09. The third-order valence-corrected chi connectivity index (χ3v) is 5.41. The van der Waals surface area contributed by atoms with E-state index >= 15 is 0 Å². The Morgan fingerprint density at radius 1 is 1.32 bits per heavy atom. The van der Waals surface area contributed by atoms with Gasteiger partial charge in [-0.2, -0.15) is 19.0 Å². The molecular weight excluding hydrogens is 385 g/mol. The molecule has 146 valence electrons. The van der Waals surface area contributed by atoms with Crippen LogP contribution in [0, 0.1) is 5.82 Å². The average molecular weight is 403 g/mol. The molecule has 1 aliphatic rings. The minimum atomic E-state index is -0.887. The number of halogens is 1. The predicted octanol–water partition coefficient (Wildman–Crippen LogP) is 1.24. The Balaban J connectivity index is 1.74. The second kappa shape index (κ2) is 7.60. The van der Waals surface area contributed by atoms with Crippen molar-refractivity contribution in [2.24, 2.45) is 5.73 Å². The fraction of sp³-hybridized carbons (Fsp3) is 0.353. The number of fused-ring (bicyclic) bond motifs is 1. The van der Waals surface area contributed by atoms with Gasteiger partial charge in [-0.05, 0) is 31.4 Å². The lowest BCUT2D eigenvalue weighted by Crippen LogP contribution is -2.33. The molecule has 3 N–H and O–H groups in total. The van der Waals surface area contributed by atoms with E-state index in [9.17, 15) is 14.0 Å².